The minimum Gasteiger partial charge on any atom is -0.427 e. The first-order chi connectivity index (χ1) is 14.9. The van der Waals surface area contributed by atoms with Gasteiger partial charge in [0.15, 0.2) is 0 Å². The SMILES string of the molecule is Cc1ncn2cc(C3=C(C(=O)OCOC(=O)C(C)(C)C)N4C(=O)[C@H]([C@@H](C)O)[C@H]4[C@H]3C)sc12. The van der Waals surface area contributed by atoms with Crippen LogP contribution in [0.15, 0.2) is 18.2 Å². The average Bonchev–Trinajstić information content (AvgIpc) is 3.32. The number of aromatic nitrogens is 2. The number of carbonyl (C=O) groups excluding carboxylic acids is 3. The van der Waals surface area contributed by atoms with Crippen molar-refractivity contribution in [2.75, 3.05) is 6.79 Å². The number of thiazole rings is 1. The quantitative estimate of drug-likeness (QED) is 0.413. The van der Waals surface area contributed by atoms with E-state index < -0.39 is 36.2 Å². The fraction of sp³-hybridized carbons (Fsp3) is 0.545. The van der Waals surface area contributed by atoms with Gasteiger partial charge in [0, 0.05) is 17.7 Å². The lowest BCUT2D eigenvalue weighted by Gasteiger charge is -2.46. The Morgan fingerprint density at radius 3 is 2.59 bits per heavy atom. The predicted molar refractivity (Wildman–Crippen MR) is 116 cm³/mol. The molecule has 9 nitrogen and oxygen atoms in total. The minimum atomic E-state index is -0.832. The normalized spacial score (nSPS) is 23.9. The highest BCUT2D eigenvalue weighted by atomic mass is 32.1. The molecule has 0 aliphatic carbocycles. The van der Waals surface area contributed by atoms with E-state index in [9.17, 15) is 19.5 Å². The smallest absolute Gasteiger partial charge is 0.358 e. The van der Waals surface area contributed by atoms with Gasteiger partial charge in [-0.3, -0.25) is 14.0 Å². The average molecular weight is 462 g/mol. The monoisotopic (exact) mass is 461 g/mol. The molecule has 2 aromatic heterocycles. The van der Waals surface area contributed by atoms with Gasteiger partial charge in [-0.15, -0.1) is 11.3 Å². The summed E-state index contributed by atoms with van der Waals surface area (Å²) in [6.07, 6.45) is 2.75. The van der Waals surface area contributed by atoms with E-state index in [1.54, 1.807) is 34.0 Å². The fourth-order valence-electron chi connectivity index (χ4n) is 4.35. The largest absolute Gasteiger partial charge is 0.427 e. The van der Waals surface area contributed by atoms with Crippen LogP contribution in [-0.4, -0.2) is 56.2 Å². The van der Waals surface area contributed by atoms with Crippen molar-refractivity contribution < 1.29 is 29.0 Å². The molecular weight excluding hydrogens is 434 g/mol. The van der Waals surface area contributed by atoms with Crippen LogP contribution in [0.3, 0.4) is 0 Å². The van der Waals surface area contributed by atoms with Crippen molar-refractivity contribution >= 4 is 39.6 Å². The number of aliphatic hydroxyl groups is 1. The molecule has 4 heterocycles. The number of aliphatic hydroxyl groups excluding tert-OH is 1. The van der Waals surface area contributed by atoms with Crippen molar-refractivity contribution in [2.45, 2.75) is 53.7 Å². The van der Waals surface area contributed by atoms with Crippen molar-refractivity contribution in [3.05, 3.63) is 28.8 Å². The lowest BCUT2D eigenvalue weighted by Crippen LogP contribution is -2.63. The summed E-state index contributed by atoms with van der Waals surface area (Å²) in [4.78, 5) is 45.4. The molecule has 1 N–H and O–H groups in total. The van der Waals surface area contributed by atoms with Gasteiger partial charge in [0.2, 0.25) is 12.7 Å². The number of ether oxygens (including phenoxy) is 2. The Morgan fingerprint density at radius 2 is 2.00 bits per heavy atom. The maximum absolute atomic E-state index is 13.1. The third-order valence-electron chi connectivity index (χ3n) is 6.01. The summed E-state index contributed by atoms with van der Waals surface area (Å²) in [5.41, 5.74) is 0.969. The number of fused-ring (bicyclic) bond motifs is 2. The zero-order valence-electron chi connectivity index (χ0n) is 18.9. The summed E-state index contributed by atoms with van der Waals surface area (Å²) in [5, 5.41) is 10.1. The summed E-state index contributed by atoms with van der Waals surface area (Å²) >= 11 is 1.48. The predicted octanol–water partition coefficient (Wildman–Crippen LogP) is 2.36. The van der Waals surface area contributed by atoms with Gasteiger partial charge in [-0.05, 0) is 34.6 Å². The molecule has 0 spiro atoms. The molecule has 10 heteroatoms. The Hall–Kier alpha value is -2.72. The highest BCUT2D eigenvalue weighted by molar-refractivity contribution is 7.18. The number of hydrogen-bond donors (Lipinski definition) is 1. The number of amides is 1. The van der Waals surface area contributed by atoms with E-state index in [1.165, 1.54) is 16.2 Å². The standard InChI is InChI=1S/C22H27N3O6S/c1-10-14(13-7-24-8-23-11(2)19(24)32-13)17(25-16(10)15(12(3)26)18(25)27)20(28)30-9-31-21(29)22(4,5)6/h7-8,10,12,15-16,26H,9H2,1-6H3/t10-,12+,15+,16+/m0/s1. The first kappa shape index (κ1) is 22.5. The Morgan fingerprint density at radius 1 is 1.31 bits per heavy atom. The van der Waals surface area contributed by atoms with Crippen LogP contribution in [0.2, 0.25) is 0 Å². The Balaban J connectivity index is 1.68. The van der Waals surface area contributed by atoms with Crippen molar-refractivity contribution in [2.24, 2.45) is 17.3 Å². The Labute approximate surface area is 189 Å². The van der Waals surface area contributed by atoms with Gasteiger partial charge in [-0.1, -0.05) is 6.92 Å². The van der Waals surface area contributed by atoms with Crippen LogP contribution in [-0.2, 0) is 23.9 Å². The molecule has 2 aliphatic rings. The molecule has 2 aromatic rings. The van der Waals surface area contributed by atoms with Crippen LogP contribution >= 0.6 is 11.3 Å². The Kier molecular flexibility index (Phi) is 5.41. The van der Waals surface area contributed by atoms with E-state index in [2.05, 4.69) is 4.98 Å². The van der Waals surface area contributed by atoms with Gasteiger partial charge in [0.25, 0.3) is 0 Å². The van der Waals surface area contributed by atoms with Gasteiger partial charge < -0.3 is 19.5 Å². The van der Waals surface area contributed by atoms with E-state index in [1.807, 2.05) is 24.4 Å². The van der Waals surface area contributed by atoms with Crippen molar-refractivity contribution in [3.63, 3.8) is 0 Å². The highest BCUT2D eigenvalue weighted by Crippen LogP contribution is 2.51. The second kappa shape index (κ2) is 7.70. The summed E-state index contributed by atoms with van der Waals surface area (Å²) < 4.78 is 12.2. The highest BCUT2D eigenvalue weighted by Gasteiger charge is 2.60. The number of rotatable bonds is 5. The number of carbonyl (C=O) groups is 3. The second-order valence-electron chi connectivity index (χ2n) is 9.39. The van der Waals surface area contributed by atoms with Gasteiger partial charge in [-0.2, -0.15) is 0 Å². The van der Waals surface area contributed by atoms with Crippen molar-refractivity contribution in [1.82, 2.24) is 14.3 Å². The molecule has 0 radical (unpaired) electrons. The molecule has 0 aromatic carbocycles. The van der Waals surface area contributed by atoms with Crippen LogP contribution in [0, 0.1) is 24.2 Å². The van der Waals surface area contributed by atoms with Gasteiger partial charge in [-0.25, -0.2) is 9.78 Å². The van der Waals surface area contributed by atoms with Gasteiger partial charge in [0.05, 0.1) is 34.0 Å². The van der Waals surface area contributed by atoms with E-state index in [4.69, 9.17) is 9.47 Å². The summed E-state index contributed by atoms with van der Waals surface area (Å²) in [6, 6.07) is -0.335. The number of nitrogens with zero attached hydrogens (tertiary/aromatic N) is 3. The second-order valence-corrected chi connectivity index (χ2v) is 10.4. The Bertz CT molecular complexity index is 1140. The molecule has 4 atom stereocenters. The number of aryl methyl sites for hydroxylation is 1. The molecule has 0 saturated carbocycles. The first-order valence-electron chi connectivity index (χ1n) is 10.5. The summed E-state index contributed by atoms with van der Waals surface area (Å²) in [7, 11) is 0. The van der Waals surface area contributed by atoms with Crippen LogP contribution in [0.5, 0.6) is 0 Å². The molecule has 0 bridgehead atoms. The summed E-state index contributed by atoms with van der Waals surface area (Å²) in [5.74, 6) is -2.32. The molecule has 2 aliphatic heterocycles. The zero-order chi connectivity index (χ0) is 23.5. The van der Waals surface area contributed by atoms with Crippen LogP contribution in [0.4, 0.5) is 0 Å². The van der Waals surface area contributed by atoms with Crippen molar-refractivity contribution in [1.29, 1.82) is 0 Å². The summed E-state index contributed by atoms with van der Waals surface area (Å²) in [6.45, 7) is 9.99. The fourth-order valence-corrected chi connectivity index (χ4v) is 5.52. The molecular formula is C22H27N3O6S. The maximum atomic E-state index is 13.1. The van der Waals surface area contributed by atoms with Crippen LogP contribution < -0.4 is 0 Å². The topological polar surface area (TPSA) is 110 Å². The molecule has 1 fully saturated rings. The van der Waals surface area contributed by atoms with Crippen LogP contribution in [0.25, 0.3) is 10.4 Å². The van der Waals surface area contributed by atoms with E-state index in [0.29, 0.717) is 5.57 Å². The van der Waals surface area contributed by atoms with E-state index >= 15 is 0 Å². The number of β-lactam (4-membered cyclic amide) rings is 1. The van der Waals surface area contributed by atoms with Gasteiger partial charge >= 0.3 is 11.9 Å². The third kappa shape index (κ3) is 3.41. The molecule has 1 amide bonds. The molecule has 32 heavy (non-hydrogen) atoms. The lowest BCUT2D eigenvalue weighted by atomic mass is 9.77. The zero-order valence-corrected chi connectivity index (χ0v) is 19.7. The maximum Gasteiger partial charge on any atom is 0.358 e. The minimum absolute atomic E-state index is 0.145. The number of esters is 2. The lowest BCUT2D eigenvalue weighted by molar-refractivity contribution is -0.175. The number of hydrogen-bond acceptors (Lipinski definition) is 8. The van der Waals surface area contributed by atoms with Crippen molar-refractivity contribution in [3.8, 4) is 0 Å². The van der Waals surface area contributed by atoms with Gasteiger partial charge in [0.1, 0.15) is 16.9 Å². The van der Waals surface area contributed by atoms with Crippen LogP contribution in [0.1, 0.15) is 45.2 Å². The third-order valence-corrected chi connectivity index (χ3v) is 7.25. The van der Waals surface area contributed by atoms with E-state index in [-0.39, 0.29) is 23.6 Å². The molecule has 0 unspecified atom stereocenters. The first-order valence-corrected chi connectivity index (χ1v) is 11.3. The van der Waals surface area contributed by atoms with E-state index in [0.717, 1.165) is 15.4 Å². The molecule has 4 rings (SSSR count). The molecule has 172 valence electrons. The molecule has 1 saturated heterocycles. The number of imidazole rings is 1.